The lowest BCUT2D eigenvalue weighted by molar-refractivity contribution is -0.162. The number of nitrogens with two attached hydrogens (primary N) is 4. The topological polar surface area (TPSA) is 270 Å². The number of esters is 1. The van der Waals surface area contributed by atoms with E-state index in [4.69, 9.17) is 37.5 Å². The largest absolute Gasteiger partial charge is 0.434 e. The molecule has 1 aliphatic rings. The van der Waals surface area contributed by atoms with Crippen LogP contribution in [0.15, 0.2) is 5.10 Å². The predicted octanol–water partition coefficient (Wildman–Crippen LogP) is -1.41. The smallest absolute Gasteiger partial charge is 0.309 e. The molecule has 0 aromatic carbocycles. The number of nitrogens with one attached hydrogen (secondary N) is 1. The average Bonchev–Trinajstić information content (AvgIpc) is 3.10. The first kappa shape index (κ1) is 41.5. The molecule has 10 N–H and O–H groups in total. The predicted molar refractivity (Wildman–Crippen MR) is 149 cm³/mol. The van der Waals surface area contributed by atoms with Crippen LogP contribution >= 0.6 is 0 Å². The first-order valence-corrected chi connectivity index (χ1v) is 12.6. The van der Waals surface area contributed by atoms with E-state index >= 15 is 0 Å². The van der Waals surface area contributed by atoms with Gasteiger partial charge >= 0.3 is 5.97 Å². The summed E-state index contributed by atoms with van der Waals surface area (Å²) in [5, 5.41) is 12.3. The fourth-order valence-corrected chi connectivity index (χ4v) is 2.44. The van der Waals surface area contributed by atoms with Crippen molar-refractivity contribution in [3.05, 3.63) is 0 Å². The first-order valence-electron chi connectivity index (χ1n) is 12.6. The van der Waals surface area contributed by atoms with E-state index in [0.29, 0.717) is 6.61 Å². The van der Waals surface area contributed by atoms with Crippen molar-refractivity contribution in [1.82, 2.24) is 5.43 Å². The lowest BCUT2D eigenvalue weighted by atomic mass is 10.1. The van der Waals surface area contributed by atoms with Gasteiger partial charge in [-0.25, -0.2) is 5.43 Å². The molecule has 0 aliphatic carbocycles. The van der Waals surface area contributed by atoms with E-state index in [1.165, 1.54) is 40.8 Å². The van der Waals surface area contributed by atoms with E-state index in [9.17, 15) is 28.8 Å². The Balaban J connectivity index is -0.000000460. The summed E-state index contributed by atoms with van der Waals surface area (Å²) in [7, 11) is 0. The Bertz CT molecular complexity index is 836. The lowest BCUT2D eigenvalue weighted by Crippen LogP contribution is -2.33. The Labute approximate surface area is 235 Å². The van der Waals surface area contributed by atoms with Crippen molar-refractivity contribution in [2.45, 2.75) is 111 Å². The molecule has 1 rings (SSSR count). The molecule has 0 saturated carbocycles. The van der Waals surface area contributed by atoms with Crippen LogP contribution < -0.4 is 28.4 Å². The number of ether oxygens (including phenoxy) is 2. The minimum Gasteiger partial charge on any atom is -0.434 e. The average molecular weight is 577 g/mol. The van der Waals surface area contributed by atoms with Crippen LogP contribution in [0.3, 0.4) is 0 Å². The molecule has 0 radical (unpaired) electrons. The number of rotatable bonds is 12. The zero-order valence-corrected chi connectivity index (χ0v) is 24.5. The molecule has 0 spiro atoms. The van der Waals surface area contributed by atoms with E-state index in [-0.39, 0.29) is 66.7 Å². The third-order valence-electron chi connectivity index (χ3n) is 4.51. The molecule has 15 heteroatoms. The molecule has 232 valence electrons. The molecule has 6 unspecified atom stereocenters. The molecule has 0 aromatic rings. The van der Waals surface area contributed by atoms with Gasteiger partial charge in [-0.15, -0.1) is 0 Å². The summed E-state index contributed by atoms with van der Waals surface area (Å²) >= 11 is 0. The Hall–Kier alpha value is -2.95. The van der Waals surface area contributed by atoms with Crippen LogP contribution in [0.2, 0.25) is 0 Å². The molecule has 0 aromatic heterocycles. The van der Waals surface area contributed by atoms with Crippen LogP contribution in [0.5, 0.6) is 0 Å². The number of aliphatic hydroxyl groups excluding tert-OH is 1. The molecule has 1 aliphatic heterocycles. The monoisotopic (exact) mass is 576 g/mol. The quantitative estimate of drug-likeness (QED) is 0.0886. The molecule has 6 atom stereocenters. The highest BCUT2D eigenvalue weighted by molar-refractivity contribution is 5.87. The maximum absolute atomic E-state index is 10.6. The molecule has 0 bridgehead atoms. The summed E-state index contributed by atoms with van der Waals surface area (Å²) in [5.74, 6) is -0.699. The number of carbonyl (C=O) groups is 6. The van der Waals surface area contributed by atoms with Crippen molar-refractivity contribution in [3.8, 4) is 0 Å². The number of cyclic esters (lactones) is 1. The number of hydrogen-bond acceptors (Lipinski definition) is 14. The number of Topliss-reactive ketones (excluding diaryl/α,β-unsaturated/α-hetero) is 4. The summed E-state index contributed by atoms with van der Waals surface area (Å²) in [6.45, 7) is 11.0. The summed E-state index contributed by atoms with van der Waals surface area (Å²) in [6, 6.07) is -1.70. The number of carbonyl (C=O) groups excluding carboxylic acids is 6. The van der Waals surface area contributed by atoms with Crippen LogP contribution in [0.1, 0.15) is 74.1 Å². The van der Waals surface area contributed by atoms with E-state index in [1.807, 2.05) is 6.92 Å². The van der Waals surface area contributed by atoms with Gasteiger partial charge in [-0.1, -0.05) is 0 Å². The molecule has 40 heavy (non-hydrogen) atoms. The summed E-state index contributed by atoms with van der Waals surface area (Å²) in [6.07, 6.45) is 1.16. The van der Waals surface area contributed by atoms with E-state index < -0.39 is 30.5 Å². The fourth-order valence-electron chi connectivity index (χ4n) is 2.44. The van der Waals surface area contributed by atoms with Crippen molar-refractivity contribution in [3.63, 3.8) is 0 Å². The van der Waals surface area contributed by atoms with Gasteiger partial charge in [0, 0.05) is 51.1 Å². The van der Waals surface area contributed by atoms with Crippen molar-refractivity contribution in [2.75, 3.05) is 6.61 Å². The van der Waals surface area contributed by atoms with Crippen LogP contribution in [-0.4, -0.2) is 89.5 Å². The normalized spacial score (nSPS) is 18.6. The summed E-state index contributed by atoms with van der Waals surface area (Å²) < 4.78 is 9.75. The van der Waals surface area contributed by atoms with Crippen molar-refractivity contribution in [1.29, 1.82) is 0 Å². The van der Waals surface area contributed by atoms with E-state index in [1.54, 1.807) is 6.92 Å². The Kier molecular flexibility index (Phi) is 24.8. The van der Waals surface area contributed by atoms with Crippen LogP contribution in [-0.2, 0) is 38.2 Å². The number of hydrazone groups is 1. The number of amides is 1. The third-order valence-corrected chi connectivity index (χ3v) is 4.51. The minimum absolute atomic E-state index is 0.00299. The van der Waals surface area contributed by atoms with E-state index in [2.05, 4.69) is 10.5 Å². The highest BCUT2D eigenvalue weighted by atomic mass is 16.7. The molecule has 1 fully saturated rings. The van der Waals surface area contributed by atoms with Gasteiger partial charge in [0.1, 0.15) is 23.1 Å². The van der Waals surface area contributed by atoms with Gasteiger partial charge in [0.25, 0.3) is 0 Å². The summed E-state index contributed by atoms with van der Waals surface area (Å²) in [5.41, 5.74) is 23.7. The van der Waals surface area contributed by atoms with Crippen LogP contribution in [0, 0.1) is 0 Å². The van der Waals surface area contributed by atoms with Gasteiger partial charge in [0.15, 0.2) is 0 Å². The van der Waals surface area contributed by atoms with Gasteiger partial charge in [0.05, 0.1) is 24.6 Å². The molecule has 1 amide bonds. The molecular weight excluding hydrogens is 528 g/mol. The minimum atomic E-state index is -0.595. The molecule has 15 nitrogen and oxygen atoms in total. The Morgan fingerprint density at radius 1 is 1.02 bits per heavy atom. The SMILES string of the molecule is CC(=O)CC(N)/C=N/NC(C)=O.CC(=O)CC(N)C(C)=O.CC(=O)CC(N)C(C)O.CCOC1OC(=O)CC1N. The van der Waals surface area contributed by atoms with Crippen LogP contribution in [0.4, 0.5) is 0 Å². The number of nitrogens with zero attached hydrogens (tertiary/aromatic N) is 1. The van der Waals surface area contributed by atoms with Crippen molar-refractivity contribution < 1.29 is 43.3 Å². The number of hydrogen-bond donors (Lipinski definition) is 6. The Morgan fingerprint density at radius 2 is 1.52 bits per heavy atom. The van der Waals surface area contributed by atoms with Gasteiger partial charge in [-0.3, -0.25) is 28.8 Å². The third kappa shape index (κ3) is 28.1. The highest BCUT2D eigenvalue weighted by Gasteiger charge is 2.32. The number of ketones is 4. The molecular formula is C25H48N6O9. The second-order valence-corrected chi connectivity index (χ2v) is 9.13. The fraction of sp³-hybridized carbons (Fsp3) is 0.720. The molecule has 1 heterocycles. The second-order valence-electron chi connectivity index (χ2n) is 9.13. The molecule has 1 saturated heterocycles. The zero-order valence-electron chi connectivity index (χ0n) is 24.5. The van der Waals surface area contributed by atoms with Gasteiger partial charge in [-0.05, 0) is 41.5 Å². The van der Waals surface area contributed by atoms with Crippen LogP contribution in [0.25, 0.3) is 0 Å². The second kappa shape index (κ2) is 23.9. The zero-order chi connectivity index (χ0) is 32.0. The summed E-state index contributed by atoms with van der Waals surface area (Å²) in [4.78, 5) is 62.5. The van der Waals surface area contributed by atoms with Gasteiger partial charge in [-0.2, -0.15) is 5.10 Å². The Morgan fingerprint density at radius 3 is 1.80 bits per heavy atom. The first-order chi connectivity index (χ1) is 18.3. The van der Waals surface area contributed by atoms with Gasteiger partial charge < -0.3 is 37.5 Å². The standard InChI is InChI=1S/C7H13N3O2.C6H11NO3.C6H13NO2.C6H11NO2/c1-5(11)3-7(8)4-9-10-6(2)12;1-2-9-6-4(7)3-5(8)10-6;2*1-4(8)3-6(7)5(2)9/h4,7H,3,8H2,1-2H3,(H,10,12);4,6H,2-3,7H2,1H3;5-6,9H,3,7H2,1-2H3;6H,3,7H2,1-2H3/b9-4+;;;. The lowest BCUT2D eigenvalue weighted by Gasteiger charge is -2.12. The van der Waals surface area contributed by atoms with Crippen molar-refractivity contribution in [2.24, 2.45) is 28.0 Å². The maximum Gasteiger partial charge on any atom is 0.309 e. The van der Waals surface area contributed by atoms with Gasteiger partial charge in [0.2, 0.25) is 12.2 Å². The van der Waals surface area contributed by atoms with E-state index in [0.717, 1.165) is 0 Å². The number of aliphatic hydroxyl groups is 1. The maximum atomic E-state index is 10.6. The van der Waals surface area contributed by atoms with Crippen molar-refractivity contribution >= 4 is 41.2 Å². The highest BCUT2D eigenvalue weighted by Crippen LogP contribution is 2.13.